The van der Waals surface area contributed by atoms with E-state index in [1.165, 1.54) is 4.90 Å². The van der Waals surface area contributed by atoms with Gasteiger partial charge in [-0.05, 0) is 48.4 Å². The number of imide groups is 1. The summed E-state index contributed by atoms with van der Waals surface area (Å²) in [6.07, 6.45) is 3.39. The van der Waals surface area contributed by atoms with Gasteiger partial charge in [0.25, 0.3) is 5.91 Å². The Labute approximate surface area is 152 Å². The summed E-state index contributed by atoms with van der Waals surface area (Å²) in [5.41, 5.74) is 2.21. The van der Waals surface area contributed by atoms with E-state index in [0.29, 0.717) is 17.5 Å². The normalized spacial score (nSPS) is 21.9. The van der Waals surface area contributed by atoms with Crippen molar-refractivity contribution in [3.8, 4) is 6.07 Å². The molecule has 0 aromatic heterocycles. The minimum atomic E-state index is -0.980. The van der Waals surface area contributed by atoms with Crippen molar-refractivity contribution in [1.29, 1.82) is 5.26 Å². The predicted octanol–water partition coefficient (Wildman–Crippen LogP) is 3.23. The highest BCUT2D eigenvalue weighted by Gasteiger charge is 2.53. The molecule has 2 aromatic carbocycles. The van der Waals surface area contributed by atoms with E-state index in [1.807, 2.05) is 30.3 Å². The molecule has 0 saturated carbocycles. The maximum Gasteiger partial charge on any atom is 0.325 e. The highest BCUT2D eigenvalue weighted by atomic mass is 16.2. The van der Waals surface area contributed by atoms with Crippen molar-refractivity contribution in [2.24, 2.45) is 0 Å². The third kappa shape index (κ3) is 2.46. The Hall–Kier alpha value is -3.13. The van der Waals surface area contributed by atoms with Gasteiger partial charge in [-0.25, -0.2) is 4.79 Å². The molecule has 1 heterocycles. The number of urea groups is 1. The van der Waals surface area contributed by atoms with Gasteiger partial charge in [0, 0.05) is 0 Å². The first kappa shape index (κ1) is 16.3. The number of aryl methyl sites for hydroxylation is 1. The van der Waals surface area contributed by atoms with E-state index in [9.17, 15) is 14.9 Å². The molecule has 1 saturated heterocycles. The quantitative estimate of drug-likeness (QED) is 0.849. The van der Waals surface area contributed by atoms with Crippen LogP contribution in [0.25, 0.3) is 0 Å². The lowest BCUT2D eigenvalue weighted by Crippen LogP contribution is -2.44. The Morgan fingerprint density at radius 3 is 2.69 bits per heavy atom. The Bertz CT molecular complexity index is 931. The van der Waals surface area contributed by atoms with Gasteiger partial charge in [0.2, 0.25) is 0 Å². The minimum absolute atomic E-state index is 0.109. The molecule has 1 aliphatic carbocycles. The van der Waals surface area contributed by atoms with Crippen LogP contribution in [0.5, 0.6) is 0 Å². The zero-order chi connectivity index (χ0) is 18.1. The first-order valence-electron chi connectivity index (χ1n) is 8.86. The molecule has 1 spiro atoms. The first-order valence-corrected chi connectivity index (χ1v) is 8.86. The summed E-state index contributed by atoms with van der Waals surface area (Å²) in [5, 5.41) is 12.3. The van der Waals surface area contributed by atoms with E-state index < -0.39 is 5.54 Å². The molecule has 5 nitrogen and oxygen atoms in total. The molecule has 1 N–H and O–H groups in total. The van der Waals surface area contributed by atoms with E-state index >= 15 is 0 Å². The number of hydrogen-bond donors (Lipinski definition) is 1. The molecule has 0 bridgehead atoms. The number of nitriles is 1. The van der Waals surface area contributed by atoms with Crippen LogP contribution >= 0.6 is 0 Å². The first-order chi connectivity index (χ1) is 12.7. The largest absolute Gasteiger partial charge is 0.325 e. The van der Waals surface area contributed by atoms with Gasteiger partial charge >= 0.3 is 6.03 Å². The fourth-order valence-electron chi connectivity index (χ4n) is 4.05. The third-order valence-corrected chi connectivity index (χ3v) is 5.37. The average molecular weight is 345 g/mol. The summed E-state index contributed by atoms with van der Waals surface area (Å²) in [6.45, 7) is 0.109. The molecule has 1 aliphatic heterocycles. The van der Waals surface area contributed by atoms with Crippen LogP contribution in [-0.4, -0.2) is 16.8 Å². The van der Waals surface area contributed by atoms with Crippen LogP contribution < -0.4 is 5.32 Å². The maximum atomic E-state index is 13.4. The van der Waals surface area contributed by atoms with Crippen molar-refractivity contribution >= 4 is 11.9 Å². The molecule has 1 atom stereocenters. The van der Waals surface area contributed by atoms with Crippen molar-refractivity contribution in [1.82, 2.24) is 10.2 Å². The van der Waals surface area contributed by atoms with Crippen LogP contribution in [0, 0.1) is 11.3 Å². The van der Waals surface area contributed by atoms with Crippen LogP contribution in [0.2, 0.25) is 0 Å². The van der Waals surface area contributed by atoms with Crippen molar-refractivity contribution in [3.05, 3.63) is 70.8 Å². The summed E-state index contributed by atoms with van der Waals surface area (Å²) in [4.78, 5) is 27.3. The highest BCUT2D eigenvalue weighted by Crippen LogP contribution is 2.39. The Morgan fingerprint density at radius 1 is 1.08 bits per heavy atom. The summed E-state index contributed by atoms with van der Waals surface area (Å²) >= 11 is 0. The highest BCUT2D eigenvalue weighted by molar-refractivity contribution is 6.07. The van der Waals surface area contributed by atoms with E-state index in [4.69, 9.17) is 0 Å². The zero-order valence-corrected chi connectivity index (χ0v) is 14.4. The van der Waals surface area contributed by atoms with Crippen LogP contribution in [0.4, 0.5) is 4.79 Å². The molecule has 1 unspecified atom stereocenters. The average Bonchev–Trinajstić information content (AvgIpc) is 2.81. The van der Waals surface area contributed by atoms with Crippen molar-refractivity contribution in [2.45, 2.75) is 37.8 Å². The lowest BCUT2D eigenvalue weighted by atomic mass is 9.84. The van der Waals surface area contributed by atoms with Gasteiger partial charge in [0.05, 0.1) is 18.2 Å². The molecule has 2 aliphatic rings. The second-order valence-electron chi connectivity index (χ2n) is 6.86. The van der Waals surface area contributed by atoms with E-state index in [1.54, 1.807) is 18.2 Å². The molecule has 3 amide bonds. The second-order valence-corrected chi connectivity index (χ2v) is 6.86. The van der Waals surface area contributed by atoms with Crippen LogP contribution in [-0.2, 0) is 23.3 Å². The molecule has 0 radical (unpaired) electrons. The van der Waals surface area contributed by atoms with E-state index in [0.717, 1.165) is 30.4 Å². The second kappa shape index (κ2) is 6.30. The third-order valence-electron chi connectivity index (χ3n) is 5.37. The molecule has 26 heavy (non-hydrogen) atoms. The number of carbonyl (C=O) groups is 2. The van der Waals surface area contributed by atoms with Gasteiger partial charge in [-0.1, -0.05) is 42.5 Å². The molecular formula is C21H19N3O2. The zero-order valence-electron chi connectivity index (χ0n) is 14.4. The lowest BCUT2D eigenvalue weighted by Gasteiger charge is -2.27. The smallest absolute Gasteiger partial charge is 0.319 e. The number of hydrogen-bond acceptors (Lipinski definition) is 3. The van der Waals surface area contributed by atoms with Gasteiger partial charge < -0.3 is 5.32 Å². The van der Waals surface area contributed by atoms with Gasteiger partial charge in [0.15, 0.2) is 0 Å². The molecule has 1 fully saturated rings. The molecule has 2 aromatic rings. The lowest BCUT2D eigenvalue weighted by molar-refractivity contribution is -0.132. The van der Waals surface area contributed by atoms with Crippen LogP contribution in [0.1, 0.15) is 41.5 Å². The van der Waals surface area contributed by atoms with Gasteiger partial charge in [-0.2, -0.15) is 5.26 Å². The fourth-order valence-corrected chi connectivity index (χ4v) is 4.05. The van der Waals surface area contributed by atoms with E-state index in [2.05, 4.69) is 11.4 Å². The van der Waals surface area contributed by atoms with Crippen molar-refractivity contribution < 1.29 is 9.59 Å². The number of benzene rings is 2. The molecule has 4 rings (SSSR count). The maximum absolute atomic E-state index is 13.4. The molecule has 130 valence electrons. The number of carbonyl (C=O) groups excluding carboxylic acids is 2. The fraction of sp³-hybridized carbons (Fsp3) is 0.286. The number of amides is 3. The molecule has 5 heteroatoms. The summed E-state index contributed by atoms with van der Waals surface area (Å²) in [7, 11) is 0. The monoisotopic (exact) mass is 345 g/mol. The predicted molar refractivity (Wildman–Crippen MR) is 95.9 cm³/mol. The van der Waals surface area contributed by atoms with Crippen LogP contribution in [0.15, 0.2) is 48.5 Å². The van der Waals surface area contributed by atoms with E-state index in [-0.39, 0.29) is 18.5 Å². The Kier molecular flexibility index (Phi) is 3.96. The number of rotatable bonds is 2. The van der Waals surface area contributed by atoms with Gasteiger partial charge in [0.1, 0.15) is 5.54 Å². The van der Waals surface area contributed by atoms with Gasteiger partial charge in [-0.15, -0.1) is 0 Å². The standard InChI is InChI=1S/C21H19N3O2/c22-13-16-9-1-2-10-17(16)14-24-19(25)21(23-20(24)26)12-6-5-8-15-7-3-4-11-18(15)21/h1-4,7,9-11H,5-6,8,12,14H2,(H,23,26). The minimum Gasteiger partial charge on any atom is -0.319 e. The van der Waals surface area contributed by atoms with Crippen LogP contribution in [0.3, 0.4) is 0 Å². The summed E-state index contributed by atoms with van der Waals surface area (Å²) in [5.74, 6) is -0.218. The number of fused-ring (bicyclic) bond motifs is 2. The van der Waals surface area contributed by atoms with Gasteiger partial charge in [-0.3, -0.25) is 9.69 Å². The number of nitrogens with one attached hydrogen (secondary N) is 1. The number of nitrogens with zero attached hydrogens (tertiary/aromatic N) is 2. The Morgan fingerprint density at radius 2 is 1.85 bits per heavy atom. The SMILES string of the molecule is N#Cc1ccccc1CN1C(=O)NC2(CCCCc3ccccc32)C1=O. The topological polar surface area (TPSA) is 73.2 Å². The molecular weight excluding hydrogens is 326 g/mol. The van der Waals surface area contributed by atoms with Crippen molar-refractivity contribution in [3.63, 3.8) is 0 Å². The summed E-state index contributed by atoms with van der Waals surface area (Å²) in [6, 6.07) is 16.7. The van der Waals surface area contributed by atoms with Crippen molar-refractivity contribution in [2.75, 3.05) is 0 Å². The summed E-state index contributed by atoms with van der Waals surface area (Å²) < 4.78 is 0. The Balaban J connectivity index is 1.73.